The first kappa shape index (κ1) is 23.5. The Morgan fingerprint density at radius 1 is 0.812 bits per heavy atom. The van der Waals surface area contributed by atoms with Crippen molar-refractivity contribution in [3.05, 3.63) is 84.9 Å². The highest BCUT2D eigenvalue weighted by Crippen LogP contribution is 2.34. The van der Waals surface area contributed by atoms with E-state index in [1.807, 2.05) is 67.6 Å². The maximum Gasteiger partial charge on any atom is 0.311 e. The van der Waals surface area contributed by atoms with Gasteiger partial charge in [0.25, 0.3) is 0 Å². The predicted octanol–water partition coefficient (Wildman–Crippen LogP) is 6.37. The van der Waals surface area contributed by atoms with E-state index in [-0.39, 0.29) is 5.97 Å². The molecule has 3 rings (SSSR count). The Balaban J connectivity index is 1.55. The van der Waals surface area contributed by atoms with Crippen molar-refractivity contribution in [2.75, 3.05) is 11.5 Å². The Hall–Kier alpha value is -3.15. The lowest BCUT2D eigenvalue weighted by atomic mass is 10.2. The molecule has 3 aromatic rings. The molecule has 0 bridgehead atoms. The molecule has 0 fully saturated rings. The molecule has 0 aromatic heterocycles. The number of hydrogen-bond acceptors (Lipinski definition) is 5. The van der Waals surface area contributed by atoms with Gasteiger partial charge in [0.05, 0.1) is 0 Å². The maximum atomic E-state index is 12.2. The number of anilines is 3. The van der Waals surface area contributed by atoms with Crippen LogP contribution < -0.4 is 9.64 Å². The van der Waals surface area contributed by atoms with E-state index < -0.39 is 6.29 Å². The highest BCUT2D eigenvalue weighted by atomic mass is 16.6. The summed E-state index contributed by atoms with van der Waals surface area (Å²) in [5.41, 5.74) is 3.09. The van der Waals surface area contributed by atoms with Crippen molar-refractivity contribution in [3.63, 3.8) is 0 Å². The molecular weight excluding hydrogens is 402 g/mol. The summed E-state index contributed by atoms with van der Waals surface area (Å²) in [7, 11) is 0. The first-order valence-corrected chi connectivity index (χ1v) is 11.2. The van der Waals surface area contributed by atoms with E-state index in [0.29, 0.717) is 25.2 Å². The molecule has 0 spiro atoms. The lowest BCUT2D eigenvalue weighted by molar-refractivity contribution is -0.134. The molecule has 5 heteroatoms. The summed E-state index contributed by atoms with van der Waals surface area (Å²) in [6, 6.07) is 27.9. The minimum atomic E-state index is -0.692. The number of carbonyl (C=O) groups is 1. The molecule has 0 saturated heterocycles. The first-order valence-electron chi connectivity index (χ1n) is 11.2. The van der Waals surface area contributed by atoms with Crippen molar-refractivity contribution < 1.29 is 19.4 Å². The third-order valence-electron chi connectivity index (χ3n) is 5.04. The molecule has 1 unspecified atom stereocenters. The summed E-state index contributed by atoms with van der Waals surface area (Å²) in [6.45, 7) is 2.37. The number of nitrogens with zero attached hydrogens (tertiary/aromatic N) is 1. The van der Waals surface area contributed by atoms with Crippen LogP contribution in [0, 0.1) is 0 Å². The summed E-state index contributed by atoms with van der Waals surface area (Å²) >= 11 is 0. The van der Waals surface area contributed by atoms with Crippen molar-refractivity contribution in [2.24, 2.45) is 0 Å². The van der Waals surface area contributed by atoms with Crippen LogP contribution in [0.25, 0.3) is 0 Å². The van der Waals surface area contributed by atoms with Gasteiger partial charge in [-0.3, -0.25) is 4.79 Å². The van der Waals surface area contributed by atoms with Crippen LogP contribution in [0.5, 0.6) is 5.75 Å². The molecule has 1 atom stereocenters. The smallest absolute Gasteiger partial charge is 0.311 e. The zero-order valence-electron chi connectivity index (χ0n) is 18.5. The molecule has 168 valence electrons. The highest BCUT2D eigenvalue weighted by Gasteiger charge is 2.12. The lowest BCUT2D eigenvalue weighted by Crippen LogP contribution is -2.11. The van der Waals surface area contributed by atoms with Gasteiger partial charge in [0, 0.05) is 30.1 Å². The van der Waals surface area contributed by atoms with Crippen molar-refractivity contribution in [1.82, 2.24) is 0 Å². The number of aliphatic hydroxyl groups is 1. The van der Waals surface area contributed by atoms with E-state index in [1.54, 1.807) is 0 Å². The molecule has 0 aliphatic rings. The van der Waals surface area contributed by atoms with Crippen LogP contribution in [0.3, 0.4) is 0 Å². The van der Waals surface area contributed by atoms with E-state index >= 15 is 0 Å². The molecule has 1 N–H and O–H groups in total. The second kappa shape index (κ2) is 12.6. The Morgan fingerprint density at radius 3 is 1.94 bits per heavy atom. The summed E-state index contributed by atoms with van der Waals surface area (Å²) in [4.78, 5) is 14.3. The summed E-state index contributed by atoms with van der Waals surface area (Å²) in [5, 5.41) is 9.35. The first-order chi connectivity index (χ1) is 15.7. The number of rotatable bonds is 12. The molecule has 32 heavy (non-hydrogen) atoms. The van der Waals surface area contributed by atoms with Gasteiger partial charge < -0.3 is 19.5 Å². The number of benzene rings is 3. The Kier molecular flexibility index (Phi) is 9.29. The number of esters is 1. The van der Waals surface area contributed by atoms with Gasteiger partial charge in [-0.25, -0.2) is 0 Å². The number of ether oxygens (including phenoxy) is 2. The Bertz CT molecular complexity index is 889. The van der Waals surface area contributed by atoms with E-state index in [4.69, 9.17) is 9.47 Å². The van der Waals surface area contributed by atoms with Crippen LogP contribution >= 0.6 is 0 Å². The predicted molar refractivity (Wildman–Crippen MR) is 127 cm³/mol. The second-order valence-corrected chi connectivity index (χ2v) is 7.52. The zero-order valence-corrected chi connectivity index (χ0v) is 18.5. The van der Waals surface area contributed by atoms with E-state index in [0.717, 1.165) is 36.3 Å². The SMILES string of the molecule is CCC(O)OCCCCCC(=O)Oc1ccc(N(c2ccccc2)c2ccccc2)cc1. The highest BCUT2D eigenvalue weighted by molar-refractivity contribution is 5.77. The third-order valence-corrected chi connectivity index (χ3v) is 5.04. The number of unbranched alkanes of at least 4 members (excludes halogenated alkanes) is 2. The van der Waals surface area contributed by atoms with Crippen molar-refractivity contribution in [3.8, 4) is 5.75 Å². The number of hydrogen-bond donors (Lipinski definition) is 1. The lowest BCUT2D eigenvalue weighted by Gasteiger charge is -2.25. The third kappa shape index (κ3) is 7.22. The van der Waals surface area contributed by atoms with Crippen LogP contribution in [0.15, 0.2) is 84.9 Å². The summed E-state index contributed by atoms with van der Waals surface area (Å²) in [6.07, 6.45) is 2.65. The fourth-order valence-electron chi connectivity index (χ4n) is 3.33. The van der Waals surface area contributed by atoms with Gasteiger partial charge in [0.1, 0.15) is 5.75 Å². The molecule has 0 heterocycles. The van der Waals surface area contributed by atoms with E-state index in [9.17, 15) is 9.90 Å². The average molecular weight is 434 g/mol. The van der Waals surface area contributed by atoms with Gasteiger partial charge >= 0.3 is 5.97 Å². The molecule has 0 radical (unpaired) electrons. The fourth-order valence-corrected chi connectivity index (χ4v) is 3.33. The largest absolute Gasteiger partial charge is 0.427 e. The zero-order chi connectivity index (χ0) is 22.6. The maximum absolute atomic E-state index is 12.2. The quantitative estimate of drug-likeness (QED) is 0.156. The van der Waals surface area contributed by atoms with Gasteiger partial charge in [-0.1, -0.05) is 49.7 Å². The van der Waals surface area contributed by atoms with Crippen molar-refractivity contribution in [2.45, 2.75) is 45.3 Å². The molecule has 0 aliphatic heterocycles. The number of carbonyl (C=O) groups excluding carboxylic acids is 1. The van der Waals surface area contributed by atoms with Crippen LogP contribution in [-0.4, -0.2) is 24.0 Å². The molecule has 3 aromatic carbocycles. The van der Waals surface area contributed by atoms with Crippen molar-refractivity contribution in [1.29, 1.82) is 0 Å². The molecular formula is C27H31NO4. The standard InChI is InChI=1S/C27H31NO4/c1-2-26(29)31-21-11-5-10-16-27(30)32-25-19-17-24(18-20-25)28(22-12-6-3-7-13-22)23-14-8-4-9-15-23/h3-4,6-9,12-15,17-20,26,29H,2,5,10-11,16,21H2,1H3. The van der Waals surface area contributed by atoms with Crippen molar-refractivity contribution >= 4 is 23.0 Å². The summed E-state index contributed by atoms with van der Waals surface area (Å²) in [5.74, 6) is 0.296. The number of aliphatic hydroxyl groups excluding tert-OH is 1. The van der Waals surface area contributed by atoms with Gasteiger partial charge in [-0.15, -0.1) is 0 Å². The van der Waals surface area contributed by atoms with Crippen LogP contribution in [0.2, 0.25) is 0 Å². The fraction of sp³-hybridized carbons (Fsp3) is 0.296. The Morgan fingerprint density at radius 2 is 1.38 bits per heavy atom. The van der Waals surface area contributed by atoms with Gasteiger partial charge in [0.2, 0.25) is 0 Å². The van der Waals surface area contributed by atoms with Gasteiger partial charge in [-0.05, 0) is 67.8 Å². The van der Waals surface area contributed by atoms with E-state index in [1.165, 1.54) is 0 Å². The van der Waals surface area contributed by atoms with Gasteiger partial charge in [-0.2, -0.15) is 0 Å². The van der Waals surface area contributed by atoms with Crippen LogP contribution in [0.1, 0.15) is 39.0 Å². The van der Waals surface area contributed by atoms with Crippen LogP contribution in [-0.2, 0) is 9.53 Å². The molecule has 0 amide bonds. The van der Waals surface area contributed by atoms with E-state index in [2.05, 4.69) is 29.2 Å². The summed E-state index contributed by atoms with van der Waals surface area (Å²) < 4.78 is 10.7. The molecule has 0 saturated carbocycles. The minimum Gasteiger partial charge on any atom is -0.427 e. The van der Waals surface area contributed by atoms with Gasteiger partial charge in [0.15, 0.2) is 6.29 Å². The average Bonchev–Trinajstić information content (AvgIpc) is 2.84. The topological polar surface area (TPSA) is 59.0 Å². The molecule has 5 nitrogen and oxygen atoms in total. The minimum absolute atomic E-state index is 0.241. The number of para-hydroxylation sites is 2. The monoisotopic (exact) mass is 433 g/mol. The normalized spacial score (nSPS) is 11.7. The molecule has 0 aliphatic carbocycles. The second-order valence-electron chi connectivity index (χ2n) is 7.52. The van der Waals surface area contributed by atoms with Crippen LogP contribution in [0.4, 0.5) is 17.1 Å². The Labute approximate surface area is 190 Å².